The quantitative estimate of drug-likeness (QED) is 0.393. The molecular weight excluding hydrogens is 456 g/mol. The summed E-state index contributed by atoms with van der Waals surface area (Å²) in [6, 6.07) is 16.2. The average Bonchev–Trinajstić information content (AvgIpc) is 3.14. The summed E-state index contributed by atoms with van der Waals surface area (Å²) in [6.07, 6.45) is 2.66. The second-order valence-corrected chi connectivity index (χ2v) is 40.4. The molecule has 2 aromatic rings. The van der Waals surface area contributed by atoms with Gasteiger partial charge in [0.2, 0.25) is 0 Å². The van der Waals surface area contributed by atoms with Crippen molar-refractivity contribution in [1.82, 2.24) is 0 Å². The zero-order valence-corrected chi connectivity index (χ0v) is 23.9. The average molecular weight is 492 g/mol. The van der Waals surface area contributed by atoms with Crippen LogP contribution in [0.25, 0.3) is 5.57 Å². The van der Waals surface area contributed by atoms with E-state index in [0.29, 0.717) is 9.54 Å². The van der Waals surface area contributed by atoms with Crippen LogP contribution in [-0.2, 0) is 17.4 Å². The van der Waals surface area contributed by atoms with E-state index in [-0.39, 0.29) is 0 Å². The van der Waals surface area contributed by atoms with E-state index in [1.165, 1.54) is 33.4 Å². The summed E-state index contributed by atoms with van der Waals surface area (Å²) in [5.41, 5.74) is 13.3. The van der Waals surface area contributed by atoms with Crippen molar-refractivity contribution in [3.8, 4) is 0 Å². The predicted octanol–water partition coefficient (Wildman–Crippen LogP) is 7.38. The third kappa shape index (κ3) is 3.26. The van der Waals surface area contributed by atoms with E-state index in [0.717, 1.165) is 0 Å². The molecule has 0 saturated heterocycles. The molecule has 0 aliphatic heterocycles. The Kier molecular flexibility index (Phi) is 5.23. The van der Waals surface area contributed by atoms with Crippen molar-refractivity contribution in [3.05, 3.63) is 96.4 Å². The Morgan fingerprint density at radius 2 is 1.43 bits per heavy atom. The summed E-state index contributed by atoms with van der Waals surface area (Å²) in [4.78, 5) is 0. The number of rotatable bonds is 3. The van der Waals surface area contributed by atoms with Crippen molar-refractivity contribution in [2.24, 2.45) is 5.92 Å². The first-order valence-electron chi connectivity index (χ1n) is 11.3. The summed E-state index contributed by atoms with van der Waals surface area (Å²) in [5, 5.41) is 0. The van der Waals surface area contributed by atoms with E-state index in [4.69, 9.17) is 0 Å². The second-order valence-electron chi connectivity index (χ2n) is 10.9. The van der Waals surface area contributed by atoms with Crippen LogP contribution >= 0.6 is 0 Å². The number of fused-ring (bicyclic) bond motifs is 1. The van der Waals surface area contributed by atoms with Crippen LogP contribution in [0.4, 0.5) is 0 Å². The van der Waals surface area contributed by atoms with Gasteiger partial charge in [-0.3, -0.25) is 0 Å². The SMILES string of the molecule is CC1=C(C)C(C)[C]([Zr]([CH3])([CH3])(=[SiH2])[CH]2C=C(c3cc(C)cc(C)c3)c3ccccc32)=C1C. The van der Waals surface area contributed by atoms with E-state index >= 15 is 0 Å². The van der Waals surface area contributed by atoms with Crippen LogP contribution in [0.5, 0.6) is 0 Å². The van der Waals surface area contributed by atoms with Gasteiger partial charge in [-0.2, -0.15) is 0 Å². The van der Waals surface area contributed by atoms with E-state index < -0.39 is 17.4 Å². The third-order valence-electron chi connectivity index (χ3n) is 7.97. The van der Waals surface area contributed by atoms with Gasteiger partial charge in [-0.15, -0.1) is 0 Å². The molecule has 2 unspecified atom stereocenters. The van der Waals surface area contributed by atoms with Gasteiger partial charge in [0.1, 0.15) is 0 Å². The van der Waals surface area contributed by atoms with Gasteiger partial charge in [0.05, 0.1) is 0 Å². The molecule has 2 aliphatic carbocycles. The molecule has 2 atom stereocenters. The van der Waals surface area contributed by atoms with Gasteiger partial charge in [-0.05, 0) is 0 Å². The first-order valence-corrected chi connectivity index (χ1v) is 24.8. The Hall–Kier alpha value is -1.24. The summed E-state index contributed by atoms with van der Waals surface area (Å²) in [5.74, 6) is 0.592. The molecule has 0 bridgehead atoms. The fraction of sp³-hybridized carbons (Fsp3) is 0.357. The molecule has 2 aliphatic rings. The number of benzene rings is 2. The standard InChI is InChI=1S/C17H15.C9H13.2CH3.H2Si.Zr/c1-12-9-13(2)11-15(10-12)17-8-7-14-5-3-4-6-16(14)17;1-6-5-7(2)9(4)8(6)3;;;;/h3-11H,1-2H3;6H,1-4H3;2*1H3;1H2;. The molecule has 0 nitrogen and oxygen atoms in total. The van der Waals surface area contributed by atoms with Crippen LogP contribution < -0.4 is 0 Å². The number of allylic oxidation sites excluding steroid dienone is 5. The monoisotopic (exact) mass is 490 g/mol. The van der Waals surface area contributed by atoms with E-state index in [1.807, 2.05) is 3.28 Å². The summed E-state index contributed by atoms with van der Waals surface area (Å²) in [7, 11) is 0. The minimum atomic E-state index is -3.32. The van der Waals surface area contributed by atoms with Crippen molar-refractivity contribution >= 4 is 12.5 Å². The molecule has 4 rings (SSSR count). The van der Waals surface area contributed by atoms with Gasteiger partial charge in [-0.1, -0.05) is 0 Å². The second kappa shape index (κ2) is 7.14. The fourth-order valence-electron chi connectivity index (χ4n) is 6.37. The predicted molar refractivity (Wildman–Crippen MR) is 133 cm³/mol. The zero-order chi connectivity index (χ0) is 22.0. The van der Waals surface area contributed by atoms with Crippen molar-refractivity contribution in [2.75, 3.05) is 0 Å². The van der Waals surface area contributed by atoms with Crippen LogP contribution in [0.1, 0.15) is 59.1 Å². The van der Waals surface area contributed by atoms with Gasteiger partial charge < -0.3 is 0 Å². The number of hydrogen-bond acceptors (Lipinski definition) is 0. The molecule has 30 heavy (non-hydrogen) atoms. The molecule has 0 spiro atoms. The molecule has 0 radical (unpaired) electrons. The molecule has 0 N–H and O–H groups in total. The van der Waals surface area contributed by atoms with Gasteiger partial charge in [-0.25, -0.2) is 0 Å². The van der Waals surface area contributed by atoms with E-state index in [2.05, 4.69) is 106 Å². The molecule has 156 valence electrons. The number of hydrogen-bond donors (Lipinski definition) is 0. The van der Waals surface area contributed by atoms with Gasteiger partial charge in [0.25, 0.3) is 0 Å². The van der Waals surface area contributed by atoms with Crippen LogP contribution in [0.3, 0.4) is 0 Å². The van der Waals surface area contributed by atoms with Gasteiger partial charge in [0.15, 0.2) is 0 Å². The Labute approximate surface area is 185 Å². The molecular formula is C28H36SiZr. The molecule has 0 amide bonds. The molecule has 0 fully saturated rings. The van der Waals surface area contributed by atoms with Crippen LogP contribution in [0.2, 0.25) is 9.26 Å². The van der Waals surface area contributed by atoms with Crippen molar-refractivity contribution in [1.29, 1.82) is 0 Å². The Morgan fingerprint density at radius 1 is 0.833 bits per heavy atom. The summed E-state index contributed by atoms with van der Waals surface area (Å²) >= 11 is -3.32. The third-order valence-corrected chi connectivity index (χ3v) is 25.2. The Balaban J connectivity index is 1.95. The first-order chi connectivity index (χ1) is 13.9. The maximum atomic E-state index is 2.70. The molecule has 2 aromatic carbocycles. The van der Waals surface area contributed by atoms with Gasteiger partial charge in [0, 0.05) is 0 Å². The number of aryl methyl sites for hydroxylation is 2. The van der Waals surface area contributed by atoms with Crippen LogP contribution in [0.15, 0.2) is 68.5 Å². The van der Waals surface area contributed by atoms with Crippen molar-refractivity contribution in [2.45, 2.75) is 54.4 Å². The maximum absolute atomic E-state index is 3.32. The molecule has 0 saturated carbocycles. The summed E-state index contributed by atoms with van der Waals surface area (Å²) in [6.45, 7) is 16.4. The summed E-state index contributed by atoms with van der Waals surface area (Å²) < 4.78 is 7.78. The minimum absolute atomic E-state index is 0.558. The van der Waals surface area contributed by atoms with Gasteiger partial charge >= 0.3 is 187 Å². The first kappa shape index (κ1) is 22.0. The molecule has 2 heteroatoms. The van der Waals surface area contributed by atoms with Crippen molar-refractivity contribution < 1.29 is 17.4 Å². The Morgan fingerprint density at radius 3 is 2.00 bits per heavy atom. The molecule has 0 heterocycles. The topological polar surface area (TPSA) is 0 Å². The van der Waals surface area contributed by atoms with E-state index in [9.17, 15) is 0 Å². The van der Waals surface area contributed by atoms with Crippen LogP contribution in [0, 0.1) is 19.8 Å². The zero-order valence-electron chi connectivity index (χ0n) is 20.0. The Bertz CT molecular complexity index is 1210. The fourth-order valence-corrected chi connectivity index (χ4v) is 24.9. The van der Waals surface area contributed by atoms with Crippen molar-refractivity contribution in [3.63, 3.8) is 0 Å². The van der Waals surface area contributed by atoms with Crippen LogP contribution in [-0.4, -0.2) is 6.88 Å². The normalized spacial score (nSPS) is 22.0. The molecule has 0 aromatic heterocycles. The van der Waals surface area contributed by atoms with E-state index in [1.54, 1.807) is 16.7 Å².